The highest BCUT2D eigenvalue weighted by molar-refractivity contribution is 7.12. The minimum Gasteiger partial charge on any atom is -0.377 e. The minimum absolute atomic E-state index is 0.0132. The summed E-state index contributed by atoms with van der Waals surface area (Å²) in [5, 5.41) is 1.94. The number of ether oxygens (including phenoxy) is 2. The van der Waals surface area contributed by atoms with E-state index in [-0.39, 0.29) is 24.2 Å². The molecule has 2 fully saturated rings. The highest BCUT2D eigenvalue weighted by Crippen LogP contribution is 2.32. The van der Waals surface area contributed by atoms with Gasteiger partial charge in [-0.05, 0) is 24.3 Å². The molecule has 98 valence electrons. The third kappa shape index (κ3) is 1.96. The zero-order valence-electron chi connectivity index (χ0n) is 10.4. The number of hydrogen-bond donors (Lipinski definition) is 0. The van der Waals surface area contributed by atoms with E-state index >= 15 is 0 Å². The van der Waals surface area contributed by atoms with E-state index in [1.165, 1.54) is 11.3 Å². The van der Waals surface area contributed by atoms with E-state index in [1.54, 1.807) is 7.11 Å². The molecule has 3 atom stereocenters. The maximum atomic E-state index is 12.4. The zero-order valence-corrected chi connectivity index (χ0v) is 11.2. The van der Waals surface area contributed by atoms with Crippen molar-refractivity contribution in [3.8, 4) is 0 Å². The third-order valence-electron chi connectivity index (χ3n) is 3.77. The molecule has 0 saturated carbocycles. The second-order valence-electron chi connectivity index (χ2n) is 4.75. The fourth-order valence-electron chi connectivity index (χ4n) is 2.89. The van der Waals surface area contributed by atoms with E-state index in [0.29, 0.717) is 6.54 Å². The summed E-state index contributed by atoms with van der Waals surface area (Å²) in [6.07, 6.45) is 2.10. The first-order chi connectivity index (χ1) is 8.81. The number of carbonyl (C=O) groups excluding carboxylic acids is 1. The Morgan fingerprint density at radius 1 is 1.61 bits per heavy atom. The molecule has 5 heteroatoms. The van der Waals surface area contributed by atoms with Gasteiger partial charge in [0.25, 0.3) is 5.91 Å². The lowest BCUT2D eigenvalue weighted by molar-refractivity contribution is -0.0639. The number of methoxy groups -OCH3 is 1. The van der Waals surface area contributed by atoms with E-state index < -0.39 is 0 Å². The van der Waals surface area contributed by atoms with Crippen LogP contribution >= 0.6 is 11.3 Å². The molecule has 0 N–H and O–H groups in total. The summed E-state index contributed by atoms with van der Waals surface area (Å²) >= 11 is 1.49. The average molecular weight is 267 g/mol. The topological polar surface area (TPSA) is 38.8 Å². The van der Waals surface area contributed by atoms with Crippen LogP contribution in [0.2, 0.25) is 0 Å². The Balaban J connectivity index is 1.82. The van der Waals surface area contributed by atoms with Crippen molar-refractivity contribution in [1.29, 1.82) is 0 Å². The third-order valence-corrected chi connectivity index (χ3v) is 4.63. The lowest BCUT2D eigenvalue weighted by Crippen LogP contribution is -2.43. The summed E-state index contributed by atoms with van der Waals surface area (Å²) in [5.74, 6) is 0.116. The first-order valence-electron chi connectivity index (χ1n) is 6.30. The molecule has 3 heterocycles. The number of rotatable bonds is 2. The van der Waals surface area contributed by atoms with Gasteiger partial charge in [-0.1, -0.05) is 6.07 Å². The molecule has 2 aliphatic rings. The van der Waals surface area contributed by atoms with Crippen molar-refractivity contribution < 1.29 is 14.3 Å². The van der Waals surface area contributed by atoms with Gasteiger partial charge in [-0.25, -0.2) is 0 Å². The summed E-state index contributed by atoms with van der Waals surface area (Å²) < 4.78 is 11.3. The highest BCUT2D eigenvalue weighted by Gasteiger charge is 2.46. The van der Waals surface area contributed by atoms with Gasteiger partial charge >= 0.3 is 0 Å². The van der Waals surface area contributed by atoms with Gasteiger partial charge in [0.05, 0.1) is 17.5 Å². The summed E-state index contributed by atoms with van der Waals surface area (Å²) in [7, 11) is 1.69. The Kier molecular flexibility index (Phi) is 3.37. The van der Waals surface area contributed by atoms with Crippen LogP contribution in [-0.4, -0.2) is 49.3 Å². The van der Waals surface area contributed by atoms with Crippen molar-refractivity contribution in [2.45, 2.75) is 31.1 Å². The van der Waals surface area contributed by atoms with E-state index in [9.17, 15) is 4.79 Å². The molecular formula is C13H17NO3S. The molecule has 4 nitrogen and oxygen atoms in total. The predicted octanol–water partition coefficient (Wildman–Crippen LogP) is 1.77. The summed E-state index contributed by atoms with van der Waals surface area (Å²) in [6, 6.07) is 3.97. The molecule has 2 saturated heterocycles. The summed E-state index contributed by atoms with van der Waals surface area (Å²) in [6.45, 7) is 1.42. The number of amides is 1. The van der Waals surface area contributed by atoms with Gasteiger partial charge < -0.3 is 14.4 Å². The Morgan fingerprint density at radius 2 is 2.50 bits per heavy atom. The molecule has 0 aromatic carbocycles. The largest absolute Gasteiger partial charge is 0.377 e. The maximum absolute atomic E-state index is 12.4. The van der Waals surface area contributed by atoms with Crippen molar-refractivity contribution in [2.24, 2.45) is 0 Å². The van der Waals surface area contributed by atoms with Crippen LogP contribution < -0.4 is 0 Å². The molecule has 0 bridgehead atoms. The van der Waals surface area contributed by atoms with Crippen LogP contribution in [-0.2, 0) is 9.47 Å². The molecule has 2 aliphatic heterocycles. The molecule has 3 rings (SSSR count). The van der Waals surface area contributed by atoms with Crippen LogP contribution in [0.5, 0.6) is 0 Å². The molecule has 0 spiro atoms. The second kappa shape index (κ2) is 4.99. The molecule has 0 radical (unpaired) electrons. The lowest BCUT2D eigenvalue weighted by atomic mass is 10.0. The van der Waals surface area contributed by atoms with Gasteiger partial charge in [0.15, 0.2) is 0 Å². The quantitative estimate of drug-likeness (QED) is 0.819. The van der Waals surface area contributed by atoms with E-state index in [4.69, 9.17) is 9.47 Å². The fourth-order valence-corrected chi connectivity index (χ4v) is 3.57. The molecule has 0 unspecified atom stereocenters. The Bertz CT molecular complexity index is 420. The standard InChI is InChI=1S/C13H17NO3S/c1-16-10-8-14(9-4-2-6-17-12(9)10)13(15)11-5-3-7-18-11/h3,5,7,9-10,12H,2,4,6,8H2,1H3/t9-,10+,12+/m1/s1. The number of hydrogen-bond acceptors (Lipinski definition) is 4. The number of fused-ring (bicyclic) bond motifs is 1. The smallest absolute Gasteiger partial charge is 0.264 e. The van der Waals surface area contributed by atoms with Crippen molar-refractivity contribution in [3.05, 3.63) is 22.4 Å². The van der Waals surface area contributed by atoms with Gasteiger partial charge in [0.1, 0.15) is 12.2 Å². The average Bonchev–Trinajstić information content (AvgIpc) is 3.05. The molecule has 0 aliphatic carbocycles. The van der Waals surface area contributed by atoms with Gasteiger partial charge in [-0.3, -0.25) is 4.79 Å². The first-order valence-corrected chi connectivity index (χ1v) is 7.18. The zero-order chi connectivity index (χ0) is 12.5. The Hall–Kier alpha value is -0.910. The van der Waals surface area contributed by atoms with Crippen LogP contribution in [0.25, 0.3) is 0 Å². The first kappa shape index (κ1) is 12.1. The predicted molar refractivity (Wildman–Crippen MR) is 68.9 cm³/mol. The van der Waals surface area contributed by atoms with Gasteiger partial charge in [-0.15, -0.1) is 11.3 Å². The van der Waals surface area contributed by atoms with E-state index in [2.05, 4.69) is 0 Å². The van der Waals surface area contributed by atoms with Gasteiger partial charge in [0.2, 0.25) is 0 Å². The monoisotopic (exact) mass is 267 g/mol. The van der Waals surface area contributed by atoms with Gasteiger partial charge in [-0.2, -0.15) is 0 Å². The van der Waals surface area contributed by atoms with Crippen LogP contribution in [0.4, 0.5) is 0 Å². The van der Waals surface area contributed by atoms with E-state index in [1.807, 2.05) is 22.4 Å². The number of nitrogens with zero attached hydrogens (tertiary/aromatic N) is 1. The normalized spacial score (nSPS) is 31.4. The van der Waals surface area contributed by atoms with Crippen LogP contribution in [0.15, 0.2) is 17.5 Å². The summed E-state index contributed by atoms with van der Waals surface area (Å²) in [5.41, 5.74) is 0. The second-order valence-corrected chi connectivity index (χ2v) is 5.70. The fraction of sp³-hybridized carbons (Fsp3) is 0.615. The Morgan fingerprint density at radius 3 is 3.22 bits per heavy atom. The van der Waals surface area contributed by atoms with Crippen molar-refractivity contribution in [3.63, 3.8) is 0 Å². The summed E-state index contributed by atoms with van der Waals surface area (Å²) in [4.78, 5) is 15.2. The lowest BCUT2D eigenvalue weighted by Gasteiger charge is -2.31. The van der Waals surface area contributed by atoms with Crippen LogP contribution in [0, 0.1) is 0 Å². The Labute approximate surface area is 110 Å². The number of carbonyl (C=O) groups is 1. The molecule has 1 amide bonds. The molecule has 1 aromatic heterocycles. The van der Waals surface area contributed by atoms with Crippen molar-refractivity contribution in [2.75, 3.05) is 20.3 Å². The van der Waals surface area contributed by atoms with E-state index in [0.717, 1.165) is 24.3 Å². The number of likely N-dealkylation sites (tertiary alicyclic amines) is 1. The molecule has 18 heavy (non-hydrogen) atoms. The van der Waals surface area contributed by atoms with Crippen LogP contribution in [0.1, 0.15) is 22.5 Å². The van der Waals surface area contributed by atoms with Gasteiger partial charge in [0, 0.05) is 13.7 Å². The SMILES string of the molecule is CO[C@H]1CN(C(=O)c2cccs2)[C@@H]2CCCO[C@H]12. The number of thiophene rings is 1. The molecule has 1 aromatic rings. The maximum Gasteiger partial charge on any atom is 0.264 e. The highest BCUT2D eigenvalue weighted by atomic mass is 32.1. The van der Waals surface area contributed by atoms with Crippen molar-refractivity contribution >= 4 is 17.2 Å². The minimum atomic E-state index is 0.0132. The molecular weight excluding hydrogens is 250 g/mol. The van der Waals surface area contributed by atoms with Crippen molar-refractivity contribution in [1.82, 2.24) is 4.90 Å². The van der Waals surface area contributed by atoms with Crippen LogP contribution in [0.3, 0.4) is 0 Å².